The lowest BCUT2D eigenvalue weighted by molar-refractivity contribution is -0.122. The fourth-order valence-electron chi connectivity index (χ4n) is 2.01. The number of ether oxygens (including phenoxy) is 1. The second-order valence-corrected chi connectivity index (χ2v) is 4.39. The third kappa shape index (κ3) is 3.27. The van der Waals surface area contributed by atoms with Crippen LogP contribution in [0.1, 0.15) is 18.4 Å². The standard InChI is InChI=1S/C13H16FNO2/c1-9-6-11(14)8-12(7-9)15-13(16)10-2-4-17-5-3-10/h6-8,10H,2-5H2,1H3,(H,15,16). The van der Waals surface area contributed by atoms with Gasteiger partial charge in [0.25, 0.3) is 0 Å². The van der Waals surface area contributed by atoms with Crippen molar-refractivity contribution in [3.8, 4) is 0 Å². The molecular weight excluding hydrogens is 221 g/mol. The van der Waals surface area contributed by atoms with Crippen molar-refractivity contribution in [2.45, 2.75) is 19.8 Å². The number of benzene rings is 1. The summed E-state index contributed by atoms with van der Waals surface area (Å²) < 4.78 is 18.3. The van der Waals surface area contributed by atoms with Crippen molar-refractivity contribution in [3.63, 3.8) is 0 Å². The summed E-state index contributed by atoms with van der Waals surface area (Å²) in [5.74, 6) is -0.391. The highest BCUT2D eigenvalue weighted by Gasteiger charge is 2.21. The zero-order valence-electron chi connectivity index (χ0n) is 9.83. The Kier molecular flexibility index (Phi) is 3.74. The SMILES string of the molecule is Cc1cc(F)cc(NC(=O)C2CCOCC2)c1. The van der Waals surface area contributed by atoms with Gasteiger partial charge in [0.15, 0.2) is 0 Å². The Morgan fingerprint density at radius 2 is 2.06 bits per heavy atom. The Labute approximate surface area is 100.0 Å². The molecule has 1 amide bonds. The van der Waals surface area contributed by atoms with Gasteiger partial charge < -0.3 is 10.1 Å². The third-order valence-corrected chi connectivity index (χ3v) is 2.90. The van der Waals surface area contributed by atoms with Crippen LogP contribution < -0.4 is 5.32 Å². The third-order valence-electron chi connectivity index (χ3n) is 2.90. The number of anilines is 1. The average molecular weight is 237 g/mol. The van der Waals surface area contributed by atoms with Gasteiger partial charge in [0.05, 0.1) is 0 Å². The van der Waals surface area contributed by atoms with Gasteiger partial charge in [-0.25, -0.2) is 4.39 Å². The molecule has 1 heterocycles. The van der Waals surface area contributed by atoms with E-state index < -0.39 is 0 Å². The highest BCUT2D eigenvalue weighted by atomic mass is 19.1. The van der Waals surface area contributed by atoms with Crippen LogP contribution >= 0.6 is 0 Å². The molecule has 3 nitrogen and oxygen atoms in total. The van der Waals surface area contributed by atoms with Crippen molar-refractivity contribution in [3.05, 3.63) is 29.6 Å². The largest absolute Gasteiger partial charge is 0.381 e. The van der Waals surface area contributed by atoms with Crippen molar-refractivity contribution in [2.75, 3.05) is 18.5 Å². The van der Waals surface area contributed by atoms with Gasteiger partial charge in [-0.2, -0.15) is 0 Å². The lowest BCUT2D eigenvalue weighted by Crippen LogP contribution is -2.28. The normalized spacial score (nSPS) is 16.8. The second-order valence-electron chi connectivity index (χ2n) is 4.39. The first-order chi connectivity index (χ1) is 8.15. The Morgan fingerprint density at radius 3 is 2.71 bits per heavy atom. The zero-order chi connectivity index (χ0) is 12.3. The zero-order valence-corrected chi connectivity index (χ0v) is 9.83. The summed E-state index contributed by atoms with van der Waals surface area (Å²) in [7, 11) is 0. The second kappa shape index (κ2) is 5.27. The molecule has 1 saturated heterocycles. The molecule has 0 unspecified atom stereocenters. The molecule has 1 N–H and O–H groups in total. The molecule has 0 aliphatic carbocycles. The molecule has 1 aliphatic rings. The Balaban J connectivity index is 2.01. The maximum atomic E-state index is 13.1. The molecule has 17 heavy (non-hydrogen) atoms. The molecular formula is C13H16FNO2. The molecule has 1 aromatic carbocycles. The van der Waals surface area contributed by atoms with E-state index in [0.29, 0.717) is 18.9 Å². The summed E-state index contributed by atoms with van der Waals surface area (Å²) in [6.45, 7) is 3.05. The molecule has 0 bridgehead atoms. The molecule has 4 heteroatoms. The van der Waals surface area contributed by atoms with E-state index in [0.717, 1.165) is 18.4 Å². The summed E-state index contributed by atoms with van der Waals surface area (Å²) in [5, 5.41) is 2.76. The number of carbonyl (C=O) groups excluding carboxylic acids is 1. The van der Waals surface area contributed by atoms with E-state index in [1.165, 1.54) is 12.1 Å². The smallest absolute Gasteiger partial charge is 0.227 e. The van der Waals surface area contributed by atoms with E-state index in [9.17, 15) is 9.18 Å². The van der Waals surface area contributed by atoms with E-state index >= 15 is 0 Å². The average Bonchev–Trinajstić information content (AvgIpc) is 2.28. The number of hydrogen-bond acceptors (Lipinski definition) is 2. The van der Waals surface area contributed by atoms with Gasteiger partial charge in [0, 0.05) is 24.8 Å². The molecule has 0 spiro atoms. The maximum Gasteiger partial charge on any atom is 0.227 e. The first-order valence-corrected chi connectivity index (χ1v) is 5.81. The fraction of sp³-hybridized carbons (Fsp3) is 0.462. The number of halogens is 1. The number of carbonyl (C=O) groups is 1. The van der Waals surface area contributed by atoms with Gasteiger partial charge >= 0.3 is 0 Å². The predicted octanol–water partition coefficient (Wildman–Crippen LogP) is 2.50. The molecule has 0 atom stereocenters. The van der Waals surface area contributed by atoms with Gasteiger partial charge in [0.1, 0.15) is 5.82 Å². The van der Waals surface area contributed by atoms with E-state index in [-0.39, 0.29) is 17.6 Å². The van der Waals surface area contributed by atoms with Crippen molar-refractivity contribution in [1.82, 2.24) is 0 Å². The minimum atomic E-state index is -0.327. The summed E-state index contributed by atoms with van der Waals surface area (Å²) in [4.78, 5) is 11.9. The van der Waals surface area contributed by atoms with Gasteiger partial charge in [0.2, 0.25) is 5.91 Å². The number of amides is 1. The summed E-state index contributed by atoms with van der Waals surface area (Å²) in [6.07, 6.45) is 1.47. The van der Waals surface area contributed by atoms with Crippen molar-refractivity contribution >= 4 is 11.6 Å². The fourth-order valence-corrected chi connectivity index (χ4v) is 2.01. The van der Waals surface area contributed by atoms with Crippen LogP contribution in [0.25, 0.3) is 0 Å². The van der Waals surface area contributed by atoms with Crippen LogP contribution in [0.4, 0.5) is 10.1 Å². The number of rotatable bonds is 2. The lowest BCUT2D eigenvalue weighted by atomic mass is 9.99. The minimum Gasteiger partial charge on any atom is -0.381 e. The van der Waals surface area contributed by atoms with Crippen LogP contribution in [0.15, 0.2) is 18.2 Å². The Morgan fingerprint density at radius 1 is 1.35 bits per heavy atom. The monoisotopic (exact) mass is 237 g/mol. The highest BCUT2D eigenvalue weighted by molar-refractivity contribution is 5.92. The van der Waals surface area contributed by atoms with Crippen LogP contribution in [0.3, 0.4) is 0 Å². The van der Waals surface area contributed by atoms with E-state index in [1.807, 2.05) is 0 Å². The maximum absolute atomic E-state index is 13.1. The van der Waals surface area contributed by atoms with Crippen molar-refractivity contribution in [2.24, 2.45) is 5.92 Å². The molecule has 1 aliphatic heterocycles. The lowest BCUT2D eigenvalue weighted by Gasteiger charge is -2.21. The minimum absolute atomic E-state index is 0.0210. The number of aryl methyl sites for hydroxylation is 1. The number of nitrogens with one attached hydrogen (secondary N) is 1. The summed E-state index contributed by atoms with van der Waals surface area (Å²) >= 11 is 0. The summed E-state index contributed by atoms with van der Waals surface area (Å²) in [6, 6.07) is 4.54. The quantitative estimate of drug-likeness (QED) is 0.858. The Bertz CT molecular complexity index is 394. The Hall–Kier alpha value is -1.42. The molecule has 0 radical (unpaired) electrons. The van der Waals surface area contributed by atoms with Gasteiger partial charge in [-0.05, 0) is 43.5 Å². The van der Waals surface area contributed by atoms with E-state index in [1.54, 1.807) is 13.0 Å². The molecule has 92 valence electrons. The van der Waals surface area contributed by atoms with Crippen LogP contribution in [-0.4, -0.2) is 19.1 Å². The first-order valence-electron chi connectivity index (χ1n) is 5.81. The first kappa shape index (κ1) is 12.0. The van der Waals surface area contributed by atoms with Crippen LogP contribution in [-0.2, 0) is 9.53 Å². The molecule has 1 aromatic rings. The van der Waals surface area contributed by atoms with Gasteiger partial charge in [-0.15, -0.1) is 0 Å². The van der Waals surface area contributed by atoms with E-state index in [4.69, 9.17) is 4.74 Å². The van der Waals surface area contributed by atoms with Crippen molar-refractivity contribution < 1.29 is 13.9 Å². The van der Waals surface area contributed by atoms with Gasteiger partial charge in [-0.3, -0.25) is 4.79 Å². The summed E-state index contributed by atoms with van der Waals surface area (Å²) in [5.41, 5.74) is 1.33. The highest BCUT2D eigenvalue weighted by Crippen LogP contribution is 2.19. The topological polar surface area (TPSA) is 38.3 Å². The van der Waals surface area contributed by atoms with Crippen LogP contribution in [0.2, 0.25) is 0 Å². The molecule has 2 rings (SSSR count). The number of hydrogen-bond donors (Lipinski definition) is 1. The van der Waals surface area contributed by atoms with Crippen LogP contribution in [0.5, 0.6) is 0 Å². The van der Waals surface area contributed by atoms with Gasteiger partial charge in [-0.1, -0.05) is 0 Å². The van der Waals surface area contributed by atoms with Crippen LogP contribution in [0, 0.1) is 18.7 Å². The predicted molar refractivity (Wildman–Crippen MR) is 63.3 cm³/mol. The molecule has 0 aromatic heterocycles. The van der Waals surface area contributed by atoms with Crippen molar-refractivity contribution in [1.29, 1.82) is 0 Å². The van der Waals surface area contributed by atoms with E-state index in [2.05, 4.69) is 5.32 Å². The molecule has 1 fully saturated rings. The molecule has 0 saturated carbocycles.